The summed E-state index contributed by atoms with van der Waals surface area (Å²) in [6.07, 6.45) is 6.99. The summed E-state index contributed by atoms with van der Waals surface area (Å²) in [7, 11) is -1.43. The second-order valence-electron chi connectivity index (χ2n) is 14.6. The number of unbranched alkanes of at least 4 members (excludes halogenated alkanes) is 3. The van der Waals surface area contributed by atoms with Crippen LogP contribution in [0, 0.1) is 0 Å². The summed E-state index contributed by atoms with van der Waals surface area (Å²) >= 11 is -2.83. The zero-order valence-corrected chi connectivity index (χ0v) is 34.9. The molecular formula is C41H61NO5SiSn. The third-order valence-corrected chi connectivity index (χ3v) is 26.6. The first-order valence-electron chi connectivity index (χ1n) is 18.5. The molecule has 3 aromatic carbocycles. The van der Waals surface area contributed by atoms with E-state index in [1.54, 1.807) is 0 Å². The molecule has 6 nitrogen and oxygen atoms in total. The van der Waals surface area contributed by atoms with Crippen molar-refractivity contribution in [2.75, 3.05) is 6.61 Å². The van der Waals surface area contributed by atoms with Gasteiger partial charge in [-0.25, -0.2) is 0 Å². The Bertz CT molecular complexity index is 1370. The van der Waals surface area contributed by atoms with Gasteiger partial charge in [-0.1, -0.05) is 6.07 Å². The molecule has 0 saturated heterocycles. The summed E-state index contributed by atoms with van der Waals surface area (Å²) in [5.41, 5.74) is 2.89. The van der Waals surface area contributed by atoms with E-state index >= 15 is 0 Å². The average molecular weight is 795 g/mol. The fraction of sp³-hybridized carbons (Fsp3) is 0.512. The fourth-order valence-electron chi connectivity index (χ4n) is 6.18. The van der Waals surface area contributed by atoms with Crippen LogP contribution in [0.5, 0.6) is 5.75 Å². The Hall–Kier alpha value is -2.78. The first-order chi connectivity index (χ1) is 23.6. The Morgan fingerprint density at radius 1 is 0.735 bits per heavy atom. The molecule has 1 N–H and O–H groups in total. The number of carbonyl (C=O) groups excluding carboxylic acids is 2. The van der Waals surface area contributed by atoms with Crippen LogP contribution in [0.4, 0.5) is 4.79 Å². The number of carbonyl (C=O) groups is 2. The van der Waals surface area contributed by atoms with Gasteiger partial charge >= 0.3 is 297 Å². The number of benzene rings is 3. The Labute approximate surface area is 301 Å². The van der Waals surface area contributed by atoms with E-state index in [1.165, 1.54) is 55.4 Å². The summed E-state index contributed by atoms with van der Waals surface area (Å²) in [6, 6.07) is 26.4. The quantitative estimate of drug-likeness (QED) is 0.0810. The van der Waals surface area contributed by atoms with E-state index < -0.39 is 44.6 Å². The Morgan fingerprint density at radius 3 is 1.82 bits per heavy atom. The second kappa shape index (κ2) is 21.4. The van der Waals surface area contributed by atoms with Gasteiger partial charge in [0.15, 0.2) is 0 Å². The van der Waals surface area contributed by atoms with Crippen LogP contribution in [-0.2, 0) is 33.9 Å². The summed E-state index contributed by atoms with van der Waals surface area (Å²) in [6.45, 7) is 14.5. The molecule has 0 aromatic heterocycles. The van der Waals surface area contributed by atoms with Crippen LogP contribution in [0.2, 0.25) is 39.0 Å². The molecule has 0 bridgehead atoms. The molecule has 0 spiro atoms. The standard InChI is InChI=1S/C29H34NO5Si.3C4H9.Sn/c1-36(2,3)19-18-33-28(31)26(30-29(32)35-22-24-14-8-5-9-15-24)20-25-16-10-11-17-27(25)34-21-23-12-6-4-7-13-23;3*1-3-4-2;/h4-9,11-17,26H,18-22H2,1-3H3,(H,30,32);3*1,3-4H2,2H3;/t26-;;;;/m0..../s1. The van der Waals surface area contributed by atoms with Crippen molar-refractivity contribution in [3.8, 4) is 5.75 Å². The second-order valence-corrected chi connectivity index (χ2v) is 33.5. The van der Waals surface area contributed by atoms with E-state index in [-0.39, 0.29) is 13.0 Å². The number of hydrogen-bond acceptors (Lipinski definition) is 5. The maximum atomic E-state index is 13.7. The van der Waals surface area contributed by atoms with Crippen molar-refractivity contribution in [3.63, 3.8) is 0 Å². The topological polar surface area (TPSA) is 73.9 Å². The maximum absolute atomic E-state index is 13.7. The van der Waals surface area contributed by atoms with Crippen molar-refractivity contribution in [2.45, 2.75) is 124 Å². The molecule has 0 aliphatic carbocycles. The minimum absolute atomic E-state index is 0.119. The van der Waals surface area contributed by atoms with Crippen molar-refractivity contribution in [1.29, 1.82) is 0 Å². The Kier molecular flexibility index (Phi) is 17.8. The molecule has 8 heteroatoms. The van der Waals surface area contributed by atoms with Gasteiger partial charge in [0.05, 0.1) is 0 Å². The van der Waals surface area contributed by atoms with E-state index in [1.807, 2.05) is 48.5 Å². The molecule has 49 heavy (non-hydrogen) atoms. The molecule has 0 fully saturated rings. The molecule has 3 aromatic rings. The van der Waals surface area contributed by atoms with Crippen molar-refractivity contribution in [3.05, 3.63) is 95.6 Å². The number of hydrogen-bond donors (Lipinski definition) is 1. The predicted molar refractivity (Wildman–Crippen MR) is 208 cm³/mol. The number of rotatable bonds is 22. The van der Waals surface area contributed by atoms with Gasteiger partial charge in [0, 0.05) is 0 Å². The third-order valence-electron chi connectivity index (χ3n) is 9.25. The molecule has 0 saturated carbocycles. The minimum atomic E-state index is -2.83. The zero-order valence-electron chi connectivity index (χ0n) is 31.0. The fourth-order valence-corrected chi connectivity index (χ4v) is 22.9. The predicted octanol–water partition coefficient (Wildman–Crippen LogP) is 10.0. The molecule has 1 atom stereocenters. The summed E-state index contributed by atoms with van der Waals surface area (Å²) in [4.78, 5) is 26.9. The van der Waals surface area contributed by atoms with Crippen LogP contribution in [0.1, 0.15) is 76.0 Å². The molecule has 0 unspecified atom stereocenters. The average Bonchev–Trinajstić information content (AvgIpc) is 3.10. The van der Waals surface area contributed by atoms with E-state index in [0.29, 0.717) is 13.2 Å². The molecule has 3 rings (SSSR count). The SMILES string of the molecule is CCC[CH2][Sn]([CH2]CCC)([CH2]CCC)[c]1ccc(OCc2ccccc2)c(C[C@H](NC(=O)OCc2ccccc2)C(=O)OCC[Si](C)(C)C)c1. The van der Waals surface area contributed by atoms with Crippen LogP contribution in [0.15, 0.2) is 78.9 Å². The molecule has 268 valence electrons. The van der Waals surface area contributed by atoms with Crippen LogP contribution in [0.3, 0.4) is 0 Å². The first kappa shape index (κ1) is 40.6. The van der Waals surface area contributed by atoms with Crippen LogP contribution in [-0.4, -0.2) is 51.2 Å². The van der Waals surface area contributed by atoms with Crippen LogP contribution >= 0.6 is 0 Å². The number of ether oxygens (including phenoxy) is 3. The van der Waals surface area contributed by atoms with Gasteiger partial charge in [0.1, 0.15) is 0 Å². The van der Waals surface area contributed by atoms with Gasteiger partial charge in [-0.15, -0.1) is 0 Å². The monoisotopic (exact) mass is 795 g/mol. The van der Waals surface area contributed by atoms with Crippen LogP contribution in [0.25, 0.3) is 0 Å². The Morgan fingerprint density at radius 2 is 1.29 bits per heavy atom. The number of nitrogens with one attached hydrogen (secondary N) is 1. The molecule has 0 aliphatic heterocycles. The van der Waals surface area contributed by atoms with Crippen molar-refractivity contribution in [1.82, 2.24) is 5.32 Å². The van der Waals surface area contributed by atoms with E-state index in [2.05, 4.69) is 76.1 Å². The van der Waals surface area contributed by atoms with E-state index in [9.17, 15) is 9.59 Å². The van der Waals surface area contributed by atoms with Crippen molar-refractivity contribution < 1.29 is 23.8 Å². The van der Waals surface area contributed by atoms with Gasteiger partial charge < -0.3 is 0 Å². The normalized spacial score (nSPS) is 12.3. The van der Waals surface area contributed by atoms with Gasteiger partial charge in [0.25, 0.3) is 0 Å². The van der Waals surface area contributed by atoms with Crippen LogP contribution < -0.4 is 13.6 Å². The number of esters is 1. The Balaban J connectivity index is 2.00. The van der Waals surface area contributed by atoms with Gasteiger partial charge in [-0.3, -0.25) is 0 Å². The molecule has 0 heterocycles. The zero-order chi connectivity index (χ0) is 35.5. The summed E-state index contributed by atoms with van der Waals surface area (Å²) in [5.74, 6) is 0.306. The van der Waals surface area contributed by atoms with E-state index in [4.69, 9.17) is 14.2 Å². The number of alkyl carbamates (subject to hydrolysis) is 1. The summed E-state index contributed by atoms with van der Waals surface area (Å²) < 4.78 is 23.4. The van der Waals surface area contributed by atoms with Gasteiger partial charge in [-0.2, -0.15) is 0 Å². The van der Waals surface area contributed by atoms with Crippen molar-refractivity contribution >= 4 is 42.1 Å². The molecule has 0 aliphatic rings. The molecule has 1 amide bonds. The number of amides is 1. The van der Waals surface area contributed by atoms with E-state index in [0.717, 1.165) is 28.5 Å². The molecular weight excluding hydrogens is 733 g/mol. The third kappa shape index (κ3) is 14.5. The molecule has 0 radical (unpaired) electrons. The van der Waals surface area contributed by atoms with Gasteiger partial charge in [0.2, 0.25) is 0 Å². The first-order valence-corrected chi connectivity index (χ1v) is 29.7. The van der Waals surface area contributed by atoms with Gasteiger partial charge in [-0.05, 0) is 0 Å². The summed E-state index contributed by atoms with van der Waals surface area (Å²) in [5, 5.41) is 2.88. The van der Waals surface area contributed by atoms with Crippen molar-refractivity contribution in [2.24, 2.45) is 0 Å².